The van der Waals surface area contributed by atoms with Gasteiger partial charge in [0.05, 0.1) is 19.7 Å². The molecular formula is C9H11N3O3. The van der Waals surface area contributed by atoms with E-state index in [2.05, 4.69) is 21.4 Å². The van der Waals surface area contributed by atoms with Crippen molar-refractivity contribution in [2.45, 2.75) is 13.5 Å². The van der Waals surface area contributed by atoms with Crippen molar-refractivity contribution in [2.24, 2.45) is 0 Å². The van der Waals surface area contributed by atoms with Crippen LogP contribution in [0.25, 0.3) is 0 Å². The summed E-state index contributed by atoms with van der Waals surface area (Å²) >= 11 is 0. The van der Waals surface area contributed by atoms with Gasteiger partial charge < -0.3 is 9.26 Å². The van der Waals surface area contributed by atoms with E-state index in [0.717, 1.165) is 0 Å². The van der Waals surface area contributed by atoms with E-state index in [1.807, 2.05) is 0 Å². The third kappa shape index (κ3) is 3.40. The monoisotopic (exact) mass is 209 g/mol. The Morgan fingerprint density at radius 3 is 3.20 bits per heavy atom. The van der Waals surface area contributed by atoms with E-state index < -0.39 is 5.97 Å². The van der Waals surface area contributed by atoms with Crippen LogP contribution in [0.4, 0.5) is 0 Å². The smallest absolute Gasteiger partial charge is 0.379 e. The quantitative estimate of drug-likeness (QED) is 0.417. The summed E-state index contributed by atoms with van der Waals surface area (Å²) in [5.41, 5.74) is 0. The highest BCUT2D eigenvalue weighted by Crippen LogP contribution is 1.98. The average Bonchev–Trinajstić information content (AvgIpc) is 2.67. The summed E-state index contributed by atoms with van der Waals surface area (Å²) in [5.74, 6) is 2.03. The Kier molecular flexibility index (Phi) is 4.31. The van der Waals surface area contributed by atoms with Crippen molar-refractivity contribution >= 4 is 5.97 Å². The van der Waals surface area contributed by atoms with Gasteiger partial charge in [-0.3, -0.25) is 5.32 Å². The molecule has 0 aliphatic carbocycles. The zero-order chi connectivity index (χ0) is 11.1. The molecule has 1 heterocycles. The maximum atomic E-state index is 11.1. The molecule has 0 saturated carbocycles. The molecule has 0 aromatic carbocycles. The van der Waals surface area contributed by atoms with Crippen LogP contribution in [0.3, 0.4) is 0 Å². The summed E-state index contributed by atoms with van der Waals surface area (Å²) in [6.07, 6.45) is 5.03. The van der Waals surface area contributed by atoms with Gasteiger partial charge in [0, 0.05) is 0 Å². The van der Waals surface area contributed by atoms with Crippen LogP contribution >= 0.6 is 0 Å². The number of ether oxygens (including phenoxy) is 1. The second-order valence-corrected chi connectivity index (χ2v) is 2.54. The number of rotatable bonds is 5. The number of nitrogens with zero attached hydrogens (tertiary/aromatic N) is 2. The molecule has 1 rings (SSSR count). The molecule has 6 nitrogen and oxygen atoms in total. The Labute approximate surface area is 87.0 Å². The van der Waals surface area contributed by atoms with E-state index in [-0.39, 0.29) is 12.4 Å². The molecule has 0 spiro atoms. The summed E-state index contributed by atoms with van der Waals surface area (Å²) < 4.78 is 9.48. The van der Waals surface area contributed by atoms with Gasteiger partial charge >= 0.3 is 5.97 Å². The Morgan fingerprint density at radius 1 is 1.73 bits per heavy atom. The lowest BCUT2D eigenvalue weighted by Crippen LogP contribution is -2.13. The van der Waals surface area contributed by atoms with Crippen LogP contribution in [-0.4, -0.2) is 29.3 Å². The fourth-order valence-electron chi connectivity index (χ4n) is 0.847. The second kappa shape index (κ2) is 5.78. The summed E-state index contributed by atoms with van der Waals surface area (Å²) in [6.45, 7) is 2.71. The molecule has 0 radical (unpaired) electrons. The third-order valence-electron chi connectivity index (χ3n) is 1.43. The Morgan fingerprint density at radius 2 is 2.53 bits per heavy atom. The van der Waals surface area contributed by atoms with Crippen LogP contribution in [0.15, 0.2) is 4.52 Å². The number of hydrogen-bond donors (Lipinski definition) is 1. The molecule has 1 aromatic heterocycles. The van der Waals surface area contributed by atoms with Crippen LogP contribution in [-0.2, 0) is 11.3 Å². The highest BCUT2D eigenvalue weighted by Gasteiger charge is 2.14. The minimum atomic E-state index is -0.593. The molecule has 80 valence electrons. The summed E-state index contributed by atoms with van der Waals surface area (Å²) in [4.78, 5) is 14.9. The van der Waals surface area contributed by atoms with Crippen molar-refractivity contribution in [3.8, 4) is 12.3 Å². The predicted molar refractivity (Wildman–Crippen MR) is 50.8 cm³/mol. The minimum Gasteiger partial charge on any atom is -0.460 e. The summed E-state index contributed by atoms with van der Waals surface area (Å²) in [6, 6.07) is 0. The Balaban J connectivity index is 2.49. The van der Waals surface area contributed by atoms with E-state index in [1.54, 1.807) is 6.92 Å². The van der Waals surface area contributed by atoms with E-state index in [1.165, 1.54) is 0 Å². The van der Waals surface area contributed by atoms with Gasteiger partial charge in [-0.25, -0.2) is 4.79 Å². The van der Waals surface area contributed by atoms with Crippen molar-refractivity contribution in [3.05, 3.63) is 11.7 Å². The van der Waals surface area contributed by atoms with Crippen molar-refractivity contribution in [3.63, 3.8) is 0 Å². The topological polar surface area (TPSA) is 77.2 Å². The van der Waals surface area contributed by atoms with Crippen LogP contribution < -0.4 is 5.32 Å². The minimum absolute atomic E-state index is 0.0747. The lowest BCUT2D eigenvalue weighted by atomic mass is 10.5. The van der Waals surface area contributed by atoms with Crippen molar-refractivity contribution in [1.29, 1.82) is 0 Å². The van der Waals surface area contributed by atoms with Crippen LogP contribution in [0, 0.1) is 12.3 Å². The molecule has 0 bridgehead atoms. The number of aromatic nitrogens is 2. The number of hydrogen-bond acceptors (Lipinski definition) is 6. The van der Waals surface area contributed by atoms with E-state index >= 15 is 0 Å². The highest BCUT2D eigenvalue weighted by molar-refractivity contribution is 5.84. The molecule has 0 amide bonds. The van der Waals surface area contributed by atoms with Crippen molar-refractivity contribution in [1.82, 2.24) is 15.5 Å². The normalized spacial score (nSPS) is 9.60. The number of carbonyl (C=O) groups excluding carboxylic acids is 1. The van der Waals surface area contributed by atoms with Gasteiger partial charge in [-0.2, -0.15) is 4.98 Å². The number of esters is 1. The maximum Gasteiger partial charge on any atom is 0.379 e. The first-order chi connectivity index (χ1) is 7.27. The molecule has 0 aliphatic rings. The van der Waals surface area contributed by atoms with Gasteiger partial charge in [0.15, 0.2) is 0 Å². The van der Waals surface area contributed by atoms with Gasteiger partial charge in [0.1, 0.15) is 0 Å². The molecular weight excluding hydrogens is 198 g/mol. The lowest BCUT2D eigenvalue weighted by molar-refractivity contribution is 0.0508. The van der Waals surface area contributed by atoms with E-state index in [9.17, 15) is 4.79 Å². The molecule has 0 fully saturated rings. The summed E-state index contributed by atoms with van der Waals surface area (Å²) in [7, 11) is 0. The van der Waals surface area contributed by atoms with Crippen LogP contribution in [0.5, 0.6) is 0 Å². The maximum absolute atomic E-state index is 11.1. The molecule has 1 aromatic rings. The standard InChI is InChI=1S/C9H11N3O3/c1-3-5-10-6-7-11-8(12-15-7)9(13)14-4-2/h1,10H,4-6H2,2H3. The van der Waals surface area contributed by atoms with Crippen molar-refractivity contribution < 1.29 is 14.1 Å². The molecule has 15 heavy (non-hydrogen) atoms. The van der Waals surface area contributed by atoms with Crippen LogP contribution in [0.1, 0.15) is 23.4 Å². The first-order valence-electron chi connectivity index (χ1n) is 4.41. The first kappa shape index (κ1) is 11.2. The molecule has 0 unspecified atom stereocenters. The fourth-order valence-corrected chi connectivity index (χ4v) is 0.847. The van der Waals surface area contributed by atoms with Crippen molar-refractivity contribution in [2.75, 3.05) is 13.2 Å². The fraction of sp³-hybridized carbons (Fsp3) is 0.444. The zero-order valence-electron chi connectivity index (χ0n) is 8.32. The predicted octanol–water partition coefficient (Wildman–Crippen LogP) is -0.0309. The largest absolute Gasteiger partial charge is 0.460 e. The van der Waals surface area contributed by atoms with Gasteiger partial charge in [0.2, 0.25) is 5.89 Å². The molecule has 6 heteroatoms. The zero-order valence-corrected chi connectivity index (χ0v) is 8.32. The van der Waals surface area contributed by atoms with E-state index in [4.69, 9.17) is 15.7 Å². The average molecular weight is 209 g/mol. The first-order valence-corrected chi connectivity index (χ1v) is 4.41. The lowest BCUT2D eigenvalue weighted by Gasteiger charge is -1.94. The van der Waals surface area contributed by atoms with Gasteiger partial charge in [-0.15, -0.1) is 6.42 Å². The highest BCUT2D eigenvalue weighted by atomic mass is 16.5. The SMILES string of the molecule is C#CCNCc1nc(C(=O)OCC)no1. The summed E-state index contributed by atoms with van der Waals surface area (Å²) in [5, 5.41) is 6.31. The Bertz CT molecular complexity index is 367. The molecule has 0 saturated heterocycles. The molecule has 0 aliphatic heterocycles. The van der Waals surface area contributed by atoms with Gasteiger partial charge in [0.25, 0.3) is 5.82 Å². The number of terminal acetylenes is 1. The Hall–Kier alpha value is -1.87. The van der Waals surface area contributed by atoms with Gasteiger partial charge in [-0.05, 0) is 12.1 Å². The number of carbonyl (C=O) groups is 1. The molecule has 0 atom stereocenters. The van der Waals surface area contributed by atoms with Crippen LogP contribution in [0.2, 0.25) is 0 Å². The molecule has 1 N–H and O–H groups in total. The van der Waals surface area contributed by atoms with Gasteiger partial charge in [-0.1, -0.05) is 5.92 Å². The second-order valence-electron chi connectivity index (χ2n) is 2.54. The number of nitrogens with one attached hydrogen (secondary N) is 1. The van der Waals surface area contributed by atoms with E-state index in [0.29, 0.717) is 19.0 Å². The third-order valence-corrected chi connectivity index (χ3v) is 1.43.